The second-order valence-electron chi connectivity index (χ2n) is 3.72. The highest BCUT2D eigenvalue weighted by Crippen LogP contribution is 2.12. The average Bonchev–Trinajstić information content (AvgIpc) is 2.19. The molecule has 1 rings (SSSR count). The molecule has 0 atom stereocenters. The number of halogens is 1. The van der Waals surface area contributed by atoms with E-state index in [1.54, 1.807) is 6.07 Å². The third kappa shape index (κ3) is 3.69. The van der Waals surface area contributed by atoms with E-state index in [1.807, 2.05) is 14.0 Å². The predicted octanol–water partition coefficient (Wildman–Crippen LogP) is 2.48. The maximum absolute atomic E-state index is 12.8. The van der Waals surface area contributed by atoms with Gasteiger partial charge in [0.15, 0.2) is 0 Å². The van der Waals surface area contributed by atoms with Gasteiger partial charge in [0.2, 0.25) is 0 Å². The minimum Gasteiger partial charge on any atom is -0.301 e. The summed E-state index contributed by atoms with van der Waals surface area (Å²) >= 11 is 0. The summed E-state index contributed by atoms with van der Waals surface area (Å²) in [5.41, 5.74) is 2.07. The van der Waals surface area contributed by atoms with Crippen molar-refractivity contribution in [2.75, 3.05) is 13.6 Å². The zero-order valence-electron chi connectivity index (χ0n) is 9.13. The fourth-order valence-corrected chi connectivity index (χ4v) is 1.45. The van der Waals surface area contributed by atoms with E-state index >= 15 is 0 Å². The highest BCUT2D eigenvalue weighted by atomic mass is 19.1. The molecule has 0 aliphatic carbocycles. The normalized spacial score (nSPS) is 10.3. The molecule has 0 aliphatic rings. The molecule has 15 heavy (non-hydrogen) atoms. The first-order valence-electron chi connectivity index (χ1n) is 4.94. The van der Waals surface area contributed by atoms with E-state index in [1.165, 1.54) is 12.1 Å². The summed E-state index contributed by atoms with van der Waals surface area (Å²) in [5, 5.41) is 8.45. The summed E-state index contributed by atoms with van der Waals surface area (Å²) in [6, 6.07) is 6.91. The van der Waals surface area contributed by atoms with Crippen LogP contribution in [0.3, 0.4) is 0 Å². The molecule has 0 bridgehead atoms. The topological polar surface area (TPSA) is 27.0 Å². The van der Waals surface area contributed by atoms with E-state index < -0.39 is 0 Å². The number of nitriles is 1. The molecule has 0 saturated carbocycles. The first-order chi connectivity index (χ1) is 7.13. The van der Waals surface area contributed by atoms with E-state index in [0.29, 0.717) is 6.42 Å². The Labute approximate surface area is 89.9 Å². The van der Waals surface area contributed by atoms with Gasteiger partial charge in [-0.1, -0.05) is 6.07 Å². The molecule has 1 aromatic carbocycles. The summed E-state index contributed by atoms with van der Waals surface area (Å²) in [5.74, 6) is -0.198. The molecule has 0 saturated heterocycles. The Morgan fingerprint density at radius 3 is 2.80 bits per heavy atom. The Bertz CT molecular complexity index is 368. The van der Waals surface area contributed by atoms with Gasteiger partial charge in [-0.25, -0.2) is 4.39 Å². The maximum Gasteiger partial charge on any atom is 0.123 e. The van der Waals surface area contributed by atoms with Crippen LogP contribution in [0.2, 0.25) is 0 Å². The first kappa shape index (κ1) is 11.7. The Kier molecular flexibility index (Phi) is 4.26. The third-order valence-corrected chi connectivity index (χ3v) is 2.35. The third-order valence-electron chi connectivity index (χ3n) is 2.35. The van der Waals surface area contributed by atoms with Crippen LogP contribution in [0.1, 0.15) is 17.5 Å². The highest BCUT2D eigenvalue weighted by Gasteiger charge is 2.03. The Balaban J connectivity index is 2.61. The minimum absolute atomic E-state index is 0.198. The lowest BCUT2D eigenvalue weighted by molar-refractivity contribution is 0.334. The van der Waals surface area contributed by atoms with Crippen LogP contribution in [0.5, 0.6) is 0 Å². The fourth-order valence-electron chi connectivity index (χ4n) is 1.45. The molecular formula is C12H15FN2. The van der Waals surface area contributed by atoms with Crippen molar-refractivity contribution < 1.29 is 4.39 Å². The van der Waals surface area contributed by atoms with E-state index in [4.69, 9.17) is 5.26 Å². The molecule has 0 aromatic heterocycles. The molecule has 0 unspecified atom stereocenters. The minimum atomic E-state index is -0.198. The molecule has 1 aromatic rings. The molecule has 0 N–H and O–H groups in total. The van der Waals surface area contributed by atoms with E-state index in [2.05, 4.69) is 11.0 Å². The Morgan fingerprint density at radius 1 is 1.47 bits per heavy atom. The van der Waals surface area contributed by atoms with E-state index in [9.17, 15) is 4.39 Å². The van der Waals surface area contributed by atoms with Gasteiger partial charge < -0.3 is 4.90 Å². The van der Waals surface area contributed by atoms with Gasteiger partial charge in [-0.15, -0.1) is 0 Å². The fraction of sp³-hybridized carbons (Fsp3) is 0.417. The van der Waals surface area contributed by atoms with Gasteiger partial charge in [-0.05, 0) is 37.2 Å². The molecule has 0 radical (unpaired) electrons. The Hall–Kier alpha value is -1.40. The van der Waals surface area contributed by atoms with Crippen LogP contribution in [-0.2, 0) is 6.54 Å². The van der Waals surface area contributed by atoms with Gasteiger partial charge >= 0.3 is 0 Å². The number of rotatable bonds is 4. The van der Waals surface area contributed by atoms with Crippen LogP contribution in [-0.4, -0.2) is 18.5 Å². The molecule has 0 aliphatic heterocycles. The summed E-state index contributed by atoms with van der Waals surface area (Å²) in [7, 11) is 1.96. The molecule has 0 amide bonds. The summed E-state index contributed by atoms with van der Waals surface area (Å²) in [6.07, 6.45) is 0.525. The van der Waals surface area contributed by atoms with Gasteiger partial charge in [0.05, 0.1) is 6.07 Å². The second-order valence-corrected chi connectivity index (χ2v) is 3.72. The predicted molar refractivity (Wildman–Crippen MR) is 57.7 cm³/mol. The van der Waals surface area contributed by atoms with Crippen LogP contribution in [0, 0.1) is 24.1 Å². The van der Waals surface area contributed by atoms with Crippen molar-refractivity contribution in [2.45, 2.75) is 19.9 Å². The summed E-state index contributed by atoms with van der Waals surface area (Å²) in [6.45, 7) is 3.40. The Morgan fingerprint density at radius 2 is 2.20 bits per heavy atom. The maximum atomic E-state index is 12.8. The largest absolute Gasteiger partial charge is 0.301 e. The van der Waals surface area contributed by atoms with Crippen LogP contribution in [0.4, 0.5) is 4.39 Å². The number of aryl methyl sites for hydroxylation is 1. The standard InChI is InChI=1S/C12H15FN2/c1-10-8-12(13)5-4-11(10)9-15(2)7-3-6-14/h4-5,8H,3,7,9H2,1-2H3. The molecule has 0 fully saturated rings. The van der Waals surface area contributed by atoms with Crippen LogP contribution < -0.4 is 0 Å². The van der Waals surface area contributed by atoms with Crippen molar-refractivity contribution in [2.24, 2.45) is 0 Å². The van der Waals surface area contributed by atoms with Gasteiger partial charge in [0, 0.05) is 19.5 Å². The smallest absolute Gasteiger partial charge is 0.123 e. The van der Waals surface area contributed by atoms with Gasteiger partial charge in [0.25, 0.3) is 0 Å². The molecule has 80 valence electrons. The zero-order chi connectivity index (χ0) is 11.3. The van der Waals surface area contributed by atoms with Crippen molar-refractivity contribution >= 4 is 0 Å². The number of benzene rings is 1. The van der Waals surface area contributed by atoms with E-state index in [0.717, 1.165) is 24.2 Å². The lowest BCUT2D eigenvalue weighted by Gasteiger charge is -2.16. The van der Waals surface area contributed by atoms with E-state index in [-0.39, 0.29) is 5.82 Å². The zero-order valence-corrected chi connectivity index (χ0v) is 9.13. The van der Waals surface area contributed by atoms with Gasteiger partial charge in [0.1, 0.15) is 5.82 Å². The van der Waals surface area contributed by atoms with Crippen LogP contribution >= 0.6 is 0 Å². The molecular weight excluding hydrogens is 191 g/mol. The second kappa shape index (κ2) is 5.47. The average molecular weight is 206 g/mol. The summed E-state index contributed by atoms with van der Waals surface area (Å²) in [4.78, 5) is 2.06. The quantitative estimate of drug-likeness (QED) is 0.756. The van der Waals surface area contributed by atoms with Crippen molar-refractivity contribution in [3.63, 3.8) is 0 Å². The monoisotopic (exact) mass is 206 g/mol. The van der Waals surface area contributed by atoms with Crippen molar-refractivity contribution in [3.05, 3.63) is 35.1 Å². The van der Waals surface area contributed by atoms with Crippen molar-refractivity contribution in [3.8, 4) is 6.07 Å². The van der Waals surface area contributed by atoms with Gasteiger partial charge in [-0.2, -0.15) is 5.26 Å². The number of hydrogen-bond acceptors (Lipinski definition) is 2. The van der Waals surface area contributed by atoms with Gasteiger partial charge in [-0.3, -0.25) is 0 Å². The lowest BCUT2D eigenvalue weighted by atomic mass is 10.1. The highest BCUT2D eigenvalue weighted by molar-refractivity contribution is 5.26. The molecule has 3 heteroatoms. The van der Waals surface area contributed by atoms with Crippen molar-refractivity contribution in [1.29, 1.82) is 5.26 Å². The number of hydrogen-bond donors (Lipinski definition) is 0. The molecule has 0 spiro atoms. The molecule has 2 nitrogen and oxygen atoms in total. The SMILES string of the molecule is Cc1cc(F)ccc1CN(C)CCC#N. The lowest BCUT2D eigenvalue weighted by Crippen LogP contribution is -2.19. The first-order valence-corrected chi connectivity index (χ1v) is 4.94. The van der Waals surface area contributed by atoms with Crippen LogP contribution in [0.15, 0.2) is 18.2 Å². The van der Waals surface area contributed by atoms with Crippen LogP contribution in [0.25, 0.3) is 0 Å². The number of nitrogens with zero attached hydrogens (tertiary/aromatic N) is 2. The van der Waals surface area contributed by atoms with Crippen molar-refractivity contribution in [1.82, 2.24) is 4.90 Å². The molecule has 0 heterocycles. The summed E-state index contributed by atoms with van der Waals surface area (Å²) < 4.78 is 12.8.